The molecule has 0 amide bonds. The van der Waals surface area contributed by atoms with Crippen LogP contribution in [0.3, 0.4) is 0 Å². The highest BCUT2D eigenvalue weighted by Gasteiger charge is 2.04. The minimum atomic E-state index is -0.439. The Kier molecular flexibility index (Phi) is 3.24. The van der Waals surface area contributed by atoms with Gasteiger partial charge in [0.25, 0.3) is 0 Å². The summed E-state index contributed by atoms with van der Waals surface area (Å²) in [5.74, 6) is 2.47. The van der Waals surface area contributed by atoms with Gasteiger partial charge in [0, 0.05) is 6.42 Å². The summed E-state index contributed by atoms with van der Waals surface area (Å²) < 4.78 is 0. The zero-order valence-corrected chi connectivity index (χ0v) is 9.06. The van der Waals surface area contributed by atoms with Gasteiger partial charge in [0.1, 0.15) is 0 Å². The molecular formula is C15H14O. The van der Waals surface area contributed by atoms with E-state index in [1.807, 2.05) is 18.2 Å². The van der Waals surface area contributed by atoms with E-state index in [-0.39, 0.29) is 0 Å². The third-order valence-corrected chi connectivity index (χ3v) is 2.64. The molecule has 0 saturated heterocycles. The first-order valence-corrected chi connectivity index (χ1v) is 5.39. The molecular weight excluding hydrogens is 196 g/mol. The molecule has 0 heterocycles. The molecule has 2 aromatic rings. The third kappa shape index (κ3) is 2.42. The Balaban J connectivity index is 2.23. The van der Waals surface area contributed by atoms with E-state index in [2.05, 4.69) is 30.2 Å². The van der Waals surface area contributed by atoms with Gasteiger partial charge in [-0.2, -0.15) is 0 Å². The summed E-state index contributed by atoms with van der Waals surface area (Å²) in [4.78, 5) is 0. The number of fused-ring (bicyclic) bond motifs is 1. The number of benzene rings is 2. The zero-order valence-electron chi connectivity index (χ0n) is 9.06. The normalized spacial score (nSPS) is 12.2. The smallest absolute Gasteiger partial charge is 0.0689 e. The Morgan fingerprint density at radius 2 is 1.88 bits per heavy atom. The molecule has 2 rings (SSSR count). The van der Waals surface area contributed by atoms with E-state index in [4.69, 9.17) is 6.42 Å². The minimum Gasteiger partial charge on any atom is -0.392 e. The predicted octanol–water partition coefficient (Wildman–Crippen LogP) is 2.77. The summed E-state index contributed by atoms with van der Waals surface area (Å²) >= 11 is 0. The summed E-state index contributed by atoms with van der Waals surface area (Å²) in [6.07, 6.45) is 5.75. The Hall–Kier alpha value is -1.78. The molecule has 0 aliphatic carbocycles. The van der Waals surface area contributed by atoms with E-state index >= 15 is 0 Å². The van der Waals surface area contributed by atoms with Gasteiger partial charge in [-0.25, -0.2) is 0 Å². The molecule has 1 N–H and O–H groups in total. The van der Waals surface area contributed by atoms with Crippen LogP contribution in [-0.4, -0.2) is 11.2 Å². The van der Waals surface area contributed by atoms with Gasteiger partial charge in [0.2, 0.25) is 0 Å². The fraction of sp³-hybridized carbons (Fsp3) is 0.200. The van der Waals surface area contributed by atoms with Crippen LogP contribution in [0.2, 0.25) is 0 Å². The topological polar surface area (TPSA) is 20.2 Å². The molecule has 1 nitrogen and oxygen atoms in total. The molecule has 16 heavy (non-hydrogen) atoms. The molecule has 0 aromatic heterocycles. The van der Waals surface area contributed by atoms with Gasteiger partial charge in [0.15, 0.2) is 0 Å². The van der Waals surface area contributed by atoms with Crippen molar-refractivity contribution >= 4 is 10.8 Å². The number of rotatable bonds is 3. The van der Waals surface area contributed by atoms with Crippen LogP contribution in [0.4, 0.5) is 0 Å². The maximum absolute atomic E-state index is 9.63. The number of hydrogen-bond donors (Lipinski definition) is 1. The van der Waals surface area contributed by atoms with Crippen molar-refractivity contribution in [1.29, 1.82) is 0 Å². The lowest BCUT2D eigenvalue weighted by Crippen LogP contribution is -2.08. The number of aliphatic hydroxyl groups is 1. The van der Waals surface area contributed by atoms with Gasteiger partial charge in [-0.15, -0.1) is 12.3 Å². The number of aliphatic hydroxyl groups excluding tert-OH is 1. The highest BCUT2D eigenvalue weighted by molar-refractivity contribution is 5.82. The van der Waals surface area contributed by atoms with Crippen molar-refractivity contribution in [3.63, 3.8) is 0 Å². The molecule has 0 bridgehead atoms. The van der Waals surface area contributed by atoms with E-state index in [0.29, 0.717) is 12.8 Å². The first-order valence-electron chi connectivity index (χ1n) is 5.39. The standard InChI is InChI=1S/C15H14O/c1-2-5-15(16)11-12-8-9-13-6-3-4-7-14(13)10-12/h1,3-4,6-10,15-16H,5,11H2. The molecule has 0 aliphatic rings. The molecule has 1 unspecified atom stereocenters. The summed E-state index contributed by atoms with van der Waals surface area (Å²) in [7, 11) is 0. The van der Waals surface area contributed by atoms with Crippen LogP contribution < -0.4 is 0 Å². The van der Waals surface area contributed by atoms with Crippen LogP contribution in [0.25, 0.3) is 10.8 Å². The Bertz CT molecular complexity index is 522. The van der Waals surface area contributed by atoms with Gasteiger partial charge >= 0.3 is 0 Å². The van der Waals surface area contributed by atoms with Gasteiger partial charge < -0.3 is 5.11 Å². The second-order valence-corrected chi connectivity index (χ2v) is 3.95. The molecule has 0 aliphatic heterocycles. The molecule has 80 valence electrons. The molecule has 2 aromatic carbocycles. The van der Waals surface area contributed by atoms with E-state index in [9.17, 15) is 5.11 Å². The predicted molar refractivity (Wildman–Crippen MR) is 67.1 cm³/mol. The number of hydrogen-bond acceptors (Lipinski definition) is 1. The van der Waals surface area contributed by atoms with Gasteiger partial charge in [-0.05, 0) is 22.8 Å². The van der Waals surface area contributed by atoms with Gasteiger partial charge in [-0.1, -0.05) is 42.5 Å². The fourth-order valence-corrected chi connectivity index (χ4v) is 1.85. The lowest BCUT2D eigenvalue weighted by Gasteiger charge is -2.08. The highest BCUT2D eigenvalue weighted by Crippen LogP contribution is 2.17. The van der Waals surface area contributed by atoms with Crippen molar-refractivity contribution in [3.8, 4) is 12.3 Å². The number of terminal acetylenes is 1. The summed E-state index contributed by atoms with van der Waals surface area (Å²) in [5.41, 5.74) is 1.13. The molecule has 0 radical (unpaired) electrons. The SMILES string of the molecule is C#CCC(O)Cc1ccc2ccccc2c1. The van der Waals surface area contributed by atoms with Crippen molar-refractivity contribution in [2.24, 2.45) is 0 Å². The summed E-state index contributed by atoms with van der Waals surface area (Å²) in [5, 5.41) is 12.1. The molecule has 0 spiro atoms. The van der Waals surface area contributed by atoms with E-state index in [1.165, 1.54) is 10.8 Å². The van der Waals surface area contributed by atoms with Crippen molar-refractivity contribution in [2.45, 2.75) is 18.9 Å². The maximum atomic E-state index is 9.63. The van der Waals surface area contributed by atoms with Crippen molar-refractivity contribution in [3.05, 3.63) is 48.0 Å². The molecule has 1 atom stereocenters. The van der Waals surface area contributed by atoms with Crippen molar-refractivity contribution in [1.82, 2.24) is 0 Å². The summed E-state index contributed by atoms with van der Waals surface area (Å²) in [6.45, 7) is 0. The lowest BCUT2D eigenvalue weighted by atomic mass is 10.0. The van der Waals surface area contributed by atoms with Crippen LogP contribution in [0.15, 0.2) is 42.5 Å². The van der Waals surface area contributed by atoms with E-state index < -0.39 is 6.10 Å². The van der Waals surface area contributed by atoms with E-state index in [1.54, 1.807) is 0 Å². The van der Waals surface area contributed by atoms with Gasteiger partial charge in [-0.3, -0.25) is 0 Å². The second-order valence-electron chi connectivity index (χ2n) is 3.95. The molecule has 0 fully saturated rings. The van der Waals surface area contributed by atoms with E-state index in [0.717, 1.165) is 5.56 Å². The zero-order chi connectivity index (χ0) is 11.4. The lowest BCUT2D eigenvalue weighted by molar-refractivity contribution is 0.181. The second kappa shape index (κ2) is 4.83. The third-order valence-electron chi connectivity index (χ3n) is 2.64. The first kappa shape index (κ1) is 10.7. The van der Waals surface area contributed by atoms with Crippen LogP contribution >= 0.6 is 0 Å². The quantitative estimate of drug-likeness (QED) is 0.772. The Morgan fingerprint density at radius 1 is 1.12 bits per heavy atom. The Labute approximate surface area is 95.7 Å². The highest BCUT2D eigenvalue weighted by atomic mass is 16.3. The van der Waals surface area contributed by atoms with Crippen molar-refractivity contribution < 1.29 is 5.11 Å². The van der Waals surface area contributed by atoms with Crippen LogP contribution in [-0.2, 0) is 6.42 Å². The first-order chi connectivity index (χ1) is 7.79. The van der Waals surface area contributed by atoms with Crippen LogP contribution in [0, 0.1) is 12.3 Å². The molecule has 0 saturated carbocycles. The Morgan fingerprint density at radius 3 is 2.62 bits per heavy atom. The monoisotopic (exact) mass is 210 g/mol. The van der Waals surface area contributed by atoms with Gasteiger partial charge in [0.05, 0.1) is 6.10 Å². The summed E-state index contributed by atoms with van der Waals surface area (Å²) in [6, 6.07) is 14.4. The average molecular weight is 210 g/mol. The average Bonchev–Trinajstić information content (AvgIpc) is 2.29. The maximum Gasteiger partial charge on any atom is 0.0689 e. The largest absolute Gasteiger partial charge is 0.392 e. The van der Waals surface area contributed by atoms with Crippen molar-refractivity contribution in [2.75, 3.05) is 0 Å². The van der Waals surface area contributed by atoms with Crippen LogP contribution in [0.1, 0.15) is 12.0 Å². The minimum absolute atomic E-state index is 0.410. The fourth-order valence-electron chi connectivity index (χ4n) is 1.85. The van der Waals surface area contributed by atoms with Crippen LogP contribution in [0.5, 0.6) is 0 Å². The molecule has 1 heteroatoms.